The molecule has 0 aliphatic carbocycles. The molecular formula is C3H6N4O5. The zero-order chi connectivity index (χ0) is 9.89. The third-order valence-electron chi connectivity index (χ3n) is 1.04. The van der Waals surface area contributed by atoms with Gasteiger partial charge in [0.1, 0.15) is 0 Å². The predicted octanol–water partition coefficient (Wildman–Crippen LogP) is -0.647. The summed E-state index contributed by atoms with van der Waals surface area (Å²) in [5.74, 6) is 0. The van der Waals surface area contributed by atoms with Crippen molar-refractivity contribution in [2.75, 3.05) is 14.1 Å². The lowest BCUT2D eigenvalue weighted by molar-refractivity contribution is -0.660. The van der Waals surface area contributed by atoms with Crippen LogP contribution in [0.4, 0.5) is 4.79 Å². The Morgan fingerprint density at radius 1 is 1.08 bits per heavy atom. The van der Waals surface area contributed by atoms with Crippen molar-refractivity contribution in [2.45, 2.75) is 0 Å². The van der Waals surface area contributed by atoms with E-state index < -0.39 is 16.1 Å². The van der Waals surface area contributed by atoms with Crippen molar-refractivity contribution in [1.29, 1.82) is 0 Å². The van der Waals surface area contributed by atoms with Crippen molar-refractivity contribution >= 4 is 6.03 Å². The zero-order valence-electron chi connectivity index (χ0n) is 6.33. The largest absolute Gasteiger partial charge is 0.434 e. The minimum Gasteiger partial charge on any atom is -0.237 e. The monoisotopic (exact) mass is 178 g/mol. The zero-order valence-corrected chi connectivity index (χ0v) is 6.33. The van der Waals surface area contributed by atoms with Crippen LogP contribution < -0.4 is 0 Å². The van der Waals surface area contributed by atoms with Crippen LogP contribution in [0.15, 0.2) is 0 Å². The molecule has 0 spiro atoms. The van der Waals surface area contributed by atoms with Gasteiger partial charge in [0.2, 0.25) is 0 Å². The van der Waals surface area contributed by atoms with Crippen LogP contribution in [-0.2, 0) is 0 Å². The average Bonchev–Trinajstić information content (AvgIpc) is 2.00. The van der Waals surface area contributed by atoms with Crippen LogP contribution >= 0.6 is 0 Å². The molecule has 0 bridgehead atoms. The normalized spacial score (nSPS) is 8.83. The fourth-order valence-electron chi connectivity index (χ4n) is 0.349. The van der Waals surface area contributed by atoms with E-state index in [1.54, 1.807) is 0 Å². The number of hydrogen-bond acceptors (Lipinski definition) is 5. The van der Waals surface area contributed by atoms with E-state index in [9.17, 15) is 25.0 Å². The molecule has 0 rings (SSSR count). The van der Waals surface area contributed by atoms with Crippen LogP contribution in [0.1, 0.15) is 0 Å². The summed E-state index contributed by atoms with van der Waals surface area (Å²) in [6.07, 6.45) is 0. The van der Waals surface area contributed by atoms with Gasteiger partial charge in [0.25, 0.3) is 0 Å². The Morgan fingerprint density at radius 2 is 1.33 bits per heavy atom. The number of hydrogen-bond donors (Lipinski definition) is 0. The maximum atomic E-state index is 10.7. The first-order valence-electron chi connectivity index (χ1n) is 2.68. The topological polar surface area (TPSA) is 110 Å². The average molecular weight is 178 g/mol. The molecule has 0 heterocycles. The maximum Gasteiger partial charge on any atom is 0.434 e. The van der Waals surface area contributed by atoms with Gasteiger partial charge in [-0.1, -0.05) is 0 Å². The van der Waals surface area contributed by atoms with Crippen LogP contribution in [-0.4, -0.2) is 40.2 Å². The molecule has 0 saturated heterocycles. The SMILES string of the molecule is CN(C(=O)N(C)[N+](=O)[O-])[N+](=O)[O-]. The van der Waals surface area contributed by atoms with Crippen LogP contribution in [0.3, 0.4) is 0 Å². The van der Waals surface area contributed by atoms with Crippen molar-refractivity contribution in [3.8, 4) is 0 Å². The van der Waals surface area contributed by atoms with Crippen LogP contribution in [0, 0.1) is 20.2 Å². The minimum absolute atomic E-state index is 0.0167. The third kappa shape index (κ3) is 2.04. The smallest absolute Gasteiger partial charge is 0.237 e. The Hall–Kier alpha value is -1.93. The van der Waals surface area contributed by atoms with Crippen molar-refractivity contribution in [3.05, 3.63) is 20.2 Å². The summed E-state index contributed by atoms with van der Waals surface area (Å²) in [6, 6.07) is -1.31. The van der Waals surface area contributed by atoms with Crippen molar-refractivity contribution in [1.82, 2.24) is 10.0 Å². The van der Waals surface area contributed by atoms with E-state index in [2.05, 4.69) is 0 Å². The van der Waals surface area contributed by atoms with Gasteiger partial charge in [-0.25, -0.2) is 25.0 Å². The summed E-state index contributed by atoms with van der Waals surface area (Å²) in [5.41, 5.74) is 0. The summed E-state index contributed by atoms with van der Waals surface area (Å²) in [4.78, 5) is 30.6. The maximum absolute atomic E-state index is 10.7. The van der Waals surface area contributed by atoms with Crippen LogP contribution in [0.2, 0.25) is 0 Å². The van der Waals surface area contributed by atoms with Crippen LogP contribution in [0.5, 0.6) is 0 Å². The van der Waals surface area contributed by atoms with Gasteiger partial charge >= 0.3 is 6.03 Å². The van der Waals surface area contributed by atoms with Gasteiger partial charge in [-0.15, -0.1) is 0 Å². The van der Waals surface area contributed by atoms with E-state index in [4.69, 9.17) is 0 Å². The quantitative estimate of drug-likeness (QED) is 0.412. The Labute approximate surface area is 66.4 Å². The second-order valence-corrected chi connectivity index (χ2v) is 1.81. The van der Waals surface area contributed by atoms with Crippen molar-refractivity contribution < 1.29 is 14.9 Å². The molecule has 9 heteroatoms. The number of carbonyl (C=O) groups excluding carboxylic acids is 1. The minimum atomic E-state index is -1.31. The number of hydrazine groups is 2. The number of amides is 2. The Kier molecular flexibility index (Phi) is 2.90. The van der Waals surface area contributed by atoms with Gasteiger partial charge in [0.05, 0.1) is 14.1 Å². The second kappa shape index (κ2) is 3.46. The standard InChI is InChI=1S/C3H6N4O5/c1-4(6(9)10)3(8)5(2)7(11)12/h1-2H3. The highest BCUT2D eigenvalue weighted by atomic mass is 16.7. The Bertz CT molecular complexity index is 205. The van der Waals surface area contributed by atoms with Crippen molar-refractivity contribution in [3.63, 3.8) is 0 Å². The summed E-state index contributed by atoms with van der Waals surface area (Å²) in [7, 11) is 1.64. The predicted molar refractivity (Wildman–Crippen MR) is 34.9 cm³/mol. The molecule has 68 valence electrons. The van der Waals surface area contributed by atoms with Gasteiger partial charge < -0.3 is 0 Å². The molecule has 12 heavy (non-hydrogen) atoms. The Morgan fingerprint density at radius 3 is 1.50 bits per heavy atom. The molecule has 0 unspecified atom stereocenters. The number of urea groups is 1. The van der Waals surface area contributed by atoms with E-state index in [0.717, 1.165) is 14.1 Å². The highest BCUT2D eigenvalue weighted by Crippen LogP contribution is 1.93. The second-order valence-electron chi connectivity index (χ2n) is 1.81. The summed E-state index contributed by atoms with van der Waals surface area (Å²) >= 11 is 0. The number of nitrogens with zero attached hydrogens (tertiary/aromatic N) is 4. The number of rotatable bonds is 2. The third-order valence-corrected chi connectivity index (χ3v) is 1.04. The summed E-state index contributed by atoms with van der Waals surface area (Å²) in [6.45, 7) is 0. The van der Waals surface area contributed by atoms with Gasteiger partial charge in [-0.05, 0) is 10.0 Å². The highest BCUT2D eigenvalue weighted by molar-refractivity contribution is 5.71. The van der Waals surface area contributed by atoms with Crippen molar-refractivity contribution in [2.24, 2.45) is 0 Å². The molecule has 0 aliphatic heterocycles. The molecule has 2 amide bonds. The van der Waals surface area contributed by atoms with E-state index in [1.807, 2.05) is 0 Å². The summed E-state index contributed by atoms with van der Waals surface area (Å²) < 4.78 is 0. The van der Waals surface area contributed by atoms with E-state index in [0.29, 0.717) is 0 Å². The molecule has 0 aliphatic rings. The molecule has 0 atom stereocenters. The number of carbonyl (C=O) groups is 1. The highest BCUT2D eigenvalue weighted by Gasteiger charge is 2.29. The fourth-order valence-corrected chi connectivity index (χ4v) is 0.349. The lowest BCUT2D eigenvalue weighted by atomic mass is 10.9. The van der Waals surface area contributed by atoms with Crippen LogP contribution in [0.25, 0.3) is 0 Å². The first-order chi connectivity index (χ1) is 5.37. The Balaban J connectivity index is 4.39. The lowest BCUT2D eigenvalue weighted by Crippen LogP contribution is -2.44. The number of nitro groups is 2. The van der Waals surface area contributed by atoms with Gasteiger partial charge in [0.15, 0.2) is 10.1 Å². The van der Waals surface area contributed by atoms with E-state index >= 15 is 0 Å². The molecule has 0 saturated carbocycles. The first kappa shape index (κ1) is 10.1. The van der Waals surface area contributed by atoms with Gasteiger partial charge in [-0.3, -0.25) is 0 Å². The molecule has 0 aromatic rings. The molecule has 9 nitrogen and oxygen atoms in total. The molecular weight excluding hydrogens is 172 g/mol. The molecule has 0 aromatic heterocycles. The van der Waals surface area contributed by atoms with Gasteiger partial charge in [-0.2, -0.15) is 0 Å². The lowest BCUT2D eigenvalue weighted by Gasteiger charge is -2.08. The molecule has 0 radical (unpaired) electrons. The molecule has 0 aromatic carbocycles. The fraction of sp³-hybridized carbons (Fsp3) is 0.667. The van der Waals surface area contributed by atoms with E-state index in [-0.39, 0.29) is 10.0 Å². The molecule has 0 N–H and O–H groups in total. The van der Waals surface area contributed by atoms with Gasteiger partial charge in [0, 0.05) is 0 Å². The van der Waals surface area contributed by atoms with E-state index in [1.165, 1.54) is 0 Å². The first-order valence-corrected chi connectivity index (χ1v) is 2.68. The summed E-state index contributed by atoms with van der Waals surface area (Å²) in [5, 5.41) is 17.8. The molecule has 0 fully saturated rings.